The van der Waals surface area contributed by atoms with Gasteiger partial charge in [-0.05, 0) is 0 Å². The number of aromatic nitrogens is 4. The summed E-state index contributed by atoms with van der Waals surface area (Å²) < 4.78 is 29.4. The SMILES string of the molecule is N=c1c2ncn([C@@H]3O[C@H](CO)[C@@H](O)[C@H]3O)c2ncn1O.O=P(O)(O)OP(=O)(O)O. The van der Waals surface area contributed by atoms with Gasteiger partial charge < -0.3 is 44.8 Å². The molecule has 2 aromatic rings. The molecule has 0 aliphatic carbocycles. The Balaban J connectivity index is 0.000000284. The van der Waals surface area contributed by atoms with Gasteiger partial charge in [0.15, 0.2) is 22.9 Å². The van der Waals surface area contributed by atoms with Crippen molar-refractivity contribution in [2.45, 2.75) is 24.5 Å². The fourth-order valence-electron chi connectivity index (χ4n) is 2.36. The molecule has 0 bridgehead atoms. The molecule has 1 aliphatic rings. The first-order valence-electron chi connectivity index (χ1n) is 7.38. The fraction of sp³-hybridized carbons (Fsp3) is 0.500. The highest BCUT2D eigenvalue weighted by atomic mass is 31.3. The Kier molecular flexibility index (Phi) is 6.93. The predicted molar refractivity (Wildman–Crippen MR) is 86.7 cm³/mol. The van der Waals surface area contributed by atoms with Gasteiger partial charge in [0, 0.05) is 0 Å². The lowest BCUT2D eigenvalue weighted by Crippen LogP contribution is -2.33. The molecule has 3 rings (SSSR count). The molecule has 0 radical (unpaired) electrons. The topological polar surface area (TPSA) is 274 Å². The normalized spacial score (nSPS) is 25.1. The molecule has 0 unspecified atom stereocenters. The lowest BCUT2D eigenvalue weighted by molar-refractivity contribution is -0.0511. The third-order valence-corrected chi connectivity index (χ3v) is 5.22. The van der Waals surface area contributed by atoms with Crippen LogP contribution in [0, 0.1) is 5.41 Å². The number of fused-ring (bicyclic) bond motifs is 1. The molecule has 0 amide bonds. The Labute approximate surface area is 160 Å². The first-order valence-corrected chi connectivity index (χ1v) is 10.4. The number of nitrogens with zero attached hydrogens (tertiary/aromatic N) is 4. The van der Waals surface area contributed by atoms with Gasteiger partial charge in [0.25, 0.3) is 0 Å². The maximum absolute atomic E-state index is 9.95. The molecule has 1 saturated heterocycles. The Bertz CT molecular complexity index is 992. The van der Waals surface area contributed by atoms with Crippen LogP contribution >= 0.6 is 15.6 Å². The van der Waals surface area contributed by atoms with E-state index in [1.807, 2.05) is 0 Å². The smallest absolute Gasteiger partial charge is 0.425 e. The number of aliphatic hydroxyl groups excluding tert-OH is 3. The van der Waals surface area contributed by atoms with Crippen molar-refractivity contribution in [3.8, 4) is 0 Å². The van der Waals surface area contributed by atoms with Crippen LogP contribution in [0.5, 0.6) is 0 Å². The zero-order valence-corrected chi connectivity index (χ0v) is 15.9. The van der Waals surface area contributed by atoms with Crippen molar-refractivity contribution < 1.29 is 58.3 Å². The monoisotopic (exact) mass is 461 g/mol. The number of hydrogen-bond acceptors (Lipinski definition) is 11. The second-order valence-corrected chi connectivity index (χ2v) is 8.17. The van der Waals surface area contributed by atoms with Crippen LogP contribution in [0.15, 0.2) is 12.7 Å². The lowest BCUT2D eigenvalue weighted by atomic mass is 10.1. The maximum Gasteiger partial charge on any atom is 0.478 e. The largest absolute Gasteiger partial charge is 0.478 e. The molecule has 2 aromatic heterocycles. The van der Waals surface area contributed by atoms with Crippen LogP contribution < -0.4 is 5.49 Å². The van der Waals surface area contributed by atoms with Gasteiger partial charge in [0.2, 0.25) is 0 Å². The van der Waals surface area contributed by atoms with Crippen molar-refractivity contribution in [2.24, 2.45) is 0 Å². The van der Waals surface area contributed by atoms with Gasteiger partial charge >= 0.3 is 15.6 Å². The summed E-state index contributed by atoms with van der Waals surface area (Å²) in [7, 11) is -10.1. The van der Waals surface area contributed by atoms with Gasteiger partial charge in [-0.2, -0.15) is 9.04 Å². The fourth-order valence-corrected chi connectivity index (χ4v) is 3.47. The van der Waals surface area contributed by atoms with Gasteiger partial charge in [0.1, 0.15) is 24.6 Å². The minimum Gasteiger partial charge on any atom is -0.425 e. The first-order chi connectivity index (χ1) is 13.2. The maximum atomic E-state index is 9.95. The summed E-state index contributed by atoms with van der Waals surface area (Å²) >= 11 is 0. The molecule has 4 atom stereocenters. The molecule has 1 fully saturated rings. The molecule has 0 saturated carbocycles. The Hall–Kier alpha value is -1.75. The number of nitrogens with one attached hydrogen (secondary N) is 1. The van der Waals surface area contributed by atoms with Crippen LogP contribution in [-0.2, 0) is 18.2 Å². The van der Waals surface area contributed by atoms with Gasteiger partial charge in [-0.1, -0.05) is 0 Å². The molecule has 0 aromatic carbocycles. The Morgan fingerprint density at radius 2 is 1.69 bits per heavy atom. The Morgan fingerprint density at radius 3 is 2.14 bits per heavy atom. The summed E-state index contributed by atoms with van der Waals surface area (Å²) in [6, 6.07) is 0. The first kappa shape index (κ1) is 23.5. The molecule has 17 nitrogen and oxygen atoms in total. The standard InChI is InChI=1S/C10H13N5O5.H4O7P2/c11-8-5-9(13-3-15(8)19)14(2-12-5)10-7(18)6(17)4(1-16)20-10;1-8(2,3)7-9(4,5)6/h2-4,6-7,10-11,16-19H,1H2;(H2,1,2,3)(H2,4,5,6)/t4-,6-,7-,10-;/m1./s1. The van der Waals surface area contributed by atoms with Crippen molar-refractivity contribution in [1.29, 1.82) is 5.41 Å². The second-order valence-electron chi connectivity index (χ2n) is 5.55. The average molecular weight is 461 g/mol. The van der Waals surface area contributed by atoms with E-state index in [1.54, 1.807) is 0 Å². The minimum atomic E-state index is -5.05. The third kappa shape index (κ3) is 5.65. The highest BCUT2D eigenvalue weighted by Crippen LogP contribution is 2.53. The van der Waals surface area contributed by atoms with Crippen molar-refractivity contribution in [1.82, 2.24) is 19.3 Å². The van der Waals surface area contributed by atoms with Crippen LogP contribution in [0.2, 0.25) is 0 Å². The predicted octanol–water partition coefficient (Wildman–Crippen LogP) is -3.25. The van der Waals surface area contributed by atoms with E-state index in [4.69, 9.17) is 34.8 Å². The van der Waals surface area contributed by atoms with E-state index in [9.17, 15) is 24.6 Å². The summed E-state index contributed by atoms with van der Waals surface area (Å²) in [6.07, 6.45) is -2.07. The number of imidazole rings is 1. The van der Waals surface area contributed by atoms with Crippen LogP contribution in [0.4, 0.5) is 0 Å². The van der Waals surface area contributed by atoms with Crippen LogP contribution in [0.3, 0.4) is 0 Å². The summed E-state index contributed by atoms with van der Waals surface area (Å²) in [4.78, 5) is 38.8. The van der Waals surface area contributed by atoms with E-state index in [-0.39, 0.29) is 16.7 Å². The number of phosphoric acid groups is 2. The van der Waals surface area contributed by atoms with Gasteiger partial charge in [-0.3, -0.25) is 9.98 Å². The molecule has 164 valence electrons. The number of rotatable bonds is 4. The molecule has 19 heteroatoms. The van der Waals surface area contributed by atoms with Crippen LogP contribution in [0.25, 0.3) is 11.2 Å². The average Bonchev–Trinajstić information content (AvgIpc) is 3.11. The molecular weight excluding hydrogens is 444 g/mol. The summed E-state index contributed by atoms with van der Waals surface area (Å²) in [5, 5.41) is 45.7. The summed E-state index contributed by atoms with van der Waals surface area (Å²) in [5.74, 6) is 0. The van der Waals surface area contributed by atoms with E-state index < -0.39 is 46.8 Å². The lowest BCUT2D eigenvalue weighted by Gasteiger charge is -2.16. The van der Waals surface area contributed by atoms with Crippen LogP contribution in [-0.4, -0.2) is 84.3 Å². The Morgan fingerprint density at radius 1 is 1.10 bits per heavy atom. The van der Waals surface area contributed by atoms with E-state index >= 15 is 0 Å². The molecule has 29 heavy (non-hydrogen) atoms. The van der Waals surface area contributed by atoms with E-state index in [0.29, 0.717) is 4.73 Å². The highest BCUT2D eigenvalue weighted by molar-refractivity contribution is 7.60. The quantitative estimate of drug-likeness (QED) is 0.160. The zero-order chi connectivity index (χ0) is 22.1. The van der Waals surface area contributed by atoms with E-state index in [2.05, 4.69) is 14.3 Å². The molecule has 3 heterocycles. The third-order valence-electron chi connectivity index (χ3n) is 3.51. The number of ether oxygens (including phenoxy) is 1. The molecule has 1 aliphatic heterocycles. The number of hydrogen-bond donors (Lipinski definition) is 9. The zero-order valence-electron chi connectivity index (χ0n) is 14.1. The minimum absolute atomic E-state index is 0.118. The van der Waals surface area contributed by atoms with E-state index in [1.165, 1.54) is 10.9 Å². The molecular formula is C10H17N5O12P2. The van der Waals surface area contributed by atoms with Gasteiger partial charge in [-0.25, -0.2) is 19.1 Å². The van der Waals surface area contributed by atoms with Crippen molar-refractivity contribution >= 4 is 26.8 Å². The van der Waals surface area contributed by atoms with Crippen molar-refractivity contribution in [2.75, 3.05) is 6.61 Å². The highest BCUT2D eigenvalue weighted by Gasteiger charge is 2.44. The van der Waals surface area contributed by atoms with Crippen molar-refractivity contribution in [3.63, 3.8) is 0 Å². The summed E-state index contributed by atoms with van der Waals surface area (Å²) in [6.45, 7) is -0.435. The summed E-state index contributed by atoms with van der Waals surface area (Å²) in [5.41, 5.74) is 0.0726. The molecule has 9 N–H and O–H groups in total. The van der Waals surface area contributed by atoms with Crippen molar-refractivity contribution in [3.05, 3.63) is 18.1 Å². The van der Waals surface area contributed by atoms with Crippen LogP contribution in [0.1, 0.15) is 6.23 Å². The van der Waals surface area contributed by atoms with Gasteiger partial charge in [0.05, 0.1) is 12.9 Å². The van der Waals surface area contributed by atoms with Gasteiger partial charge in [-0.15, -0.1) is 0 Å². The molecule has 0 spiro atoms. The number of aliphatic hydroxyl groups is 3. The van der Waals surface area contributed by atoms with E-state index in [0.717, 1.165) is 6.33 Å². The second kappa shape index (κ2) is 8.55.